The number of aromatic hydroxyl groups is 2. The van der Waals surface area contributed by atoms with Gasteiger partial charge in [0.25, 0.3) is 0 Å². The van der Waals surface area contributed by atoms with Crippen LogP contribution in [0.2, 0.25) is 0 Å². The van der Waals surface area contributed by atoms with E-state index < -0.39 is 7.26 Å². The Morgan fingerprint density at radius 2 is 0.974 bits per heavy atom. The summed E-state index contributed by atoms with van der Waals surface area (Å²) in [6.45, 7) is 1.81. The van der Waals surface area contributed by atoms with Gasteiger partial charge in [0.15, 0.2) is 0 Å². The molecule has 0 saturated heterocycles. The topological polar surface area (TPSA) is 58.9 Å². The van der Waals surface area contributed by atoms with Gasteiger partial charge in [-0.25, -0.2) is 0 Å². The number of ether oxygens (including phenoxy) is 2. The van der Waals surface area contributed by atoms with Crippen molar-refractivity contribution >= 4 is 23.2 Å². The van der Waals surface area contributed by atoms with E-state index in [1.54, 1.807) is 0 Å². The molecule has 0 radical (unpaired) electrons. The van der Waals surface area contributed by atoms with Crippen LogP contribution in [0.5, 0.6) is 23.0 Å². The molecule has 4 aromatic rings. The molecule has 0 saturated carbocycles. The Morgan fingerprint density at radius 3 is 1.44 bits per heavy atom. The third-order valence-corrected chi connectivity index (χ3v) is 13.0. The molecule has 0 fully saturated rings. The van der Waals surface area contributed by atoms with Gasteiger partial charge >= 0.3 is 227 Å². The van der Waals surface area contributed by atoms with Crippen LogP contribution in [0.25, 0.3) is 0 Å². The number of methoxy groups -OCH3 is 2. The fraction of sp³-hybridized carbons (Fsp3) is 0.294. The zero-order chi connectivity index (χ0) is 27.7. The maximum atomic E-state index is 10.7. The van der Waals surface area contributed by atoms with E-state index in [9.17, 15) is 10.2 Å². The van der Waals surface area contributed by atoms with Crippen molar-refractivity contribution in [3.63, 3.8) is 0 Å². The first-order chi connectivity index (χ1) is 19.0. The van der Waals surface area contributed by atoms with Gasteiger partial charge in [0.05, 0.1) is 7.11 Å². The van der Waals surface area contributed by atoms with Crippen molar-refractivity contribution in [2.45, 2.75) is 45.4 Å². The molecule has 0 spiro atoms. The Labute approximate surface area is 233 Å². The molecular formula is C34H41O4P. The van der Waals surface area contributed by atoms with Gasteiger partial charge in [0.2, 0.25) is 0 Å². The first-order valence-corrected chi connectivity index (χ1v) is 16.1. The monoisotopic (exact) mass is 544 g/mol. The van der Waals surface area contributed by atoms with Crippen molar-refractivity contribution in [2.24, 2.45) is 0 Å². The average Bonchev–Trinajstić information content (AvgIpc) is 2.99. The summed E-state index contributed by atoms with van der Waals surface area (Å²) in [6.07, 6.45) is 7.28. The van der Waals surface area contributed by atoms with Crippen LogP contribution in [0.4, 0.5) is 0 Å². The maximum absolute atomic E-state index is 10.7. The predicted octanol–water partition coefficient (Wildman–Crippen LogP) is 6.64. The number of phenols is 2. The standard InChI is InChI=1S/C34H41O4P/c1-26-30(32(36)34(38-3)33(37-2)31(26)35)24-16-5-4-6-17-25-39(27-18-10-7-11-19-27,28-20-12-8-13-21-28)29-22-14-9-15-23-29/h7-15,18-23,35-36,39H,4-6,16-17,24-25H2,1-3H3. The summed E-state index contributed by atoms with van der Waals surface area (Å²) in [7, 11) is 0.759. The van der Waals surface area contributed by atoms with Crippen molar-refractivity contribution < 1.29 is 19.7 Å². The molecule has 0 amide bonds. The van der Waals surface area contributed by atoms with E-state index in [4.69, 9.17) is 9.47 Å². The van der Waals surface area contributed by atoms with Crippen molar-refractivity contribution in [1.82, 2.24) is 0 Å². The summed E-state index contributed by atoms with van der Waals surface area (Å²) in [5, 5.41) is 25.7. The van der Waals surface area contributed by atoms with Crippen LogP contribution in [-0.4, -0.2) is 30.6 Å². The van der Waals surface area contributed by atoms with E-state index in [1.807, 2.05) is 6.92 Å². The van der Waals surface area contributed by atoms with Crippen molar-refractivity contribution in [3.05, 3.63) is 102 Å². The summed E-state index contributed by atoms with van der Waals surface area (Å²) in [4.78, 5) is 0. The molecule has 4 rings (SSSR count). The second-order valence-corrected chi connectivity index (χ2v) is 14.2. The van der Waals surface area contributed by atoms with Gasteiger partial charge in [0, 0.05) is 0 Å². The fourth-order valence-corrected chi connectivity index (χ4v) is 10.8. The van der Waals surface area contributed by atoms with E-state index in [-0.39, 0.29) is 23.0 Å². The van der Waals surface area contributed by atoms with Gasteiger partial charge in [-0.2, -0.15) is 0 Å². The number of hydrogen-bond donors (Lipinski definition) is 2. The van der Waals surface area contributed by atoms with Crippen LogP contribution in [0.15, 0.2) is 91.0 Å². The third kappa shape index (κ3) is 6.07. The Hall–Kier alpha value is -3.49. The van der Waals surface area contributed by atoms with E-state index in [0.717, 1.165) is 43.8 Å². The van der Waals surface area contributed by atoms with Crippen molar-refractivity contribution in [2.75, 3.05) is 20.4 Å². The van der Waals surface area contributed by atoms with Crippen LogP contribution >= 0.6 is 7.26 Å². The molecule has 0 bridgehead atoms. The minimum atomic E-state index is -2.17. The summed E-state index contributed by atoms with van der Waals surface area (Å²) in [6, 6.07) is 33.3. The fourth-order valence-electron chi connectivity index (χ4n) is 5.85. The normalized spacial score (nSPS) is 11.8. The van der Waals surface area contributed by atoms with Crippen LogP contribution in [-0.2, 0) is 6.42 Å². The number of phenolic OH excluding ortho intramolecular Hbond substituents is 2. The average molecular weight is 545 g/mol. The zero-order valence-corrected chi connectivity index (χ0v) is 24.3. The van der Waals surface area contributed by atoms with E-state index >= 15 is 0 Å². The molecule has 0 heterocycles. The Balaban J connectivity index is 1.44. The van der Waals surface area contributed by atoms with Crippen LogP contribution in [0.3, 0.4) is 0 Å². The molecule has 39 heavy (non-hydrogen) atoms. The van der Waals surface area contributed by atoms with E-state index in [1.165, 1.54) is 30.1 Å². The number of unbranched alkanes of at least 4 members (excludes halogenated alkanes) is 4. The van der Waals surface area contributed by atoms with Crippen LogP contribution in [0.1, 0.15) is 43.2 Å². The second-order valence-electron chi connectivity index (χ2n) is 10.1. The molecule has 0 atom stereocenters. The summed E-state index contributed by atoms with van der Waals surface area (Å²) >= 11 is 0. The molecule has 5 heteroatoms. The Morgan fingerprint density at radius 1 is 0.564 bits per heavy atom. The molecule has 0 unspecified atom stereocenters. The molecule has 0 aliphatic rings. The Bertz CT molecular complexity index is 1230. The minimum absolute atomic E-state index is 0.0335. The summed E-state index contributed by atoms with van der Waals surface area (Å²) in [5.74, 6) is 0.471. The molecule has 0 aliphatic carbocycles. The number of benzene rings is 4. The molecule has 0 aliphatic heterocycles. The van der Waals surface area contributed by atoms with Crippen LogP contribution < -0.4 is 25.4 Å². The van der Waals surface area contributed by atoms with Gasteiger partial charge < -0.3 is 0 Å². The zero-order valence-electron chi connectivity index (χ0n) is 23.3. The summed E-state index contributed by atoms with van der Waals surface area (Å²) in [5.41, 5.74) is 1.38. The van der Waals surface area contributed by atoms with Gasteiger partial charge in [-0.3, -0.25) is 0 Å². The second kappa shape index (κ2) is 13.5. The SMILES string of the molecule is COc1c(O)c(C)c(CCCCCCC[PH](c2ccccc2)(c2ccccc2)c2ccccc2)c(O)c1OC. The summed E-state index contributed by atoms with van der Waals surface area (Å²) < 4.78 is 10.6. The molecule has 2 N–H and O–H groups in total. The molecule has 4 aromatic carbocycles. The molecule has 206 valence electrons. The molecule has 4 nitrogen and oxygen atoms in total. The first-order valence-electron chi connectivity index (χ1n) is 13.9. The molecule has 0 aromatic heterocycles. The predicted molar refractivity (Wildman–Crippen MR) is 166 cm³/mol. The quantitative estimate of drug-likeness (QED) is 0.113. The van der Waals surface area contributed by atoms with Gasteiger partial charge in [-0.15, -0.1) is 0 Å². The van der Waals surface area contributed by atoms with Gasteiger partial charge in [-0.1, -0.05) is 0 Å². The van der Waals surface area contributed by atoms with Gasteiger partial charge in [0.1, 0.15) is 0 Å². The van der Waals surface area contributed by atoms with Crippen molar-refractivity contribution in [1.29, 1.82) is 0 Å². The van der Waals surface area contributed by atoms with Gasteiger partial charge in [-0.05, 0) is 0 Å². The van der Waals surface area contributed by atoms with Crippen LogP contribution in [0, 0.1) is 6.92 Å². The van der Waals surface area contributed by atoms with Crippen molar-refractivity contribution in [3.8, 4) is 23.0 Å². The molecular weight excluding hydrogens is 503 g/mol. The first kappa shape index (κ1) is 28.5. The van der Waals surface area contributed by atoms with E-state index in [0.29, 0.717) is 12.0 Å². The Kier molecular flexibility index (Phi) is 9.90. The number of hydrogen-bond acceptors (Lipinski definition) is 4. The number of rotatable bonds is 13. The van der Waals surface area contributed by atoms with E-state index in [2.05, 4.69) is 91.0 Å². The third-order valence-electron chi connectivity index (χ3n) is 7.92.